The first kappa shape index (κ1) is 23.5. The van der Waals surface area contributed by atoms with Gasteiger partial charge in [-0.05, 0) is 0 Å². The molecule has 2 aliphatic rings. The first-order valence-corrected chi connectivity index (χ1v) is 12.2. The zero-order valence-electron chi connectivity index (χ0n) is 17.2. The SMILES string of the molecule is C[C](C)=[Zr+2][CH]1c2ccccc2-c2cc(C(C)(C)C)cc(C3=CC=CC3)c21.[Cl-].[Cl-]. The standard InChI is InChI=1S/C22H21.C3H6.2ClH.Zr/c1-22(2,3)17-13-19(15-8-4-5-9-15)20-12-16-10-6-7-11-18(16)21(20)14-17;1-3-2;;;/h4-8,10-14H,9H2,1-3H3;1-2H3;2*1H;/q;;;;+2/p-2. The summed E-state index contributed by atoms with van der Waals surface area (Å²) in [7, 11) is 0. The Bertz CT molecular complexity index is 971. The molecule has 0 amide bonds. The molecule has 4 rings (SSSR count). The number of benzene rings is 2. The van der Waals surface area contributed by atoms with Gasteiger partial charge in [-0.1, -0.05) is 0 Å². The third-order valence-electron chi connectivity index (χ3n) is 5.45. The van der Waals surface area contributed by atoms with Gasteiger partial charge in [0.2, 0.25) is 0 Å². The van der Waals surface area contributed by atoms with Gasteiger partial charge in [-0.15, -0.1) is 0 Å². The van der Waals surface area contributed by atoms with Gasteiger partial charge in [0.25, 0.3) is 0 Å². The molecule has 28 heavy (non-hydrogen) atoms. The van der Waals surface area contributed by atoms with Gasteiger partial charge in [0.05, 0.1) is 0 Å². The van der Waals surface area contributed by atoms with Crippen molar-refractivity contribution in [3.8, 4) is 11.1 Å². The van der Waals surface area contributed by atoms with E-state index in [1.165, 1.54) is 27.8 Å². The van der Waals surface area contributed by atoms with E-state index in [-0.39, 0.29) is 30.2 Å². The fourth-order valence-corrected chi connectivity index (χ4v) is 7.66. The third-order valence-corrected chi connectivity index (χ3v) is 9.05. The second kappa shape index (κ2) is 8.95. The van der Waals surface area contributed by atoms with E-state index in [1.807, 2.05) is 0 Å². The summed E-state index contributed by atoms with van der Waals surface area (Å²) in [6.45, 7) is 11.7. The van der Waals surface area contributed by atoms with E-state index in [4.69, 9.17) is 0 Å². The molecule has 1 atom stereocenters. The van der Waals surface area contributed by atoms with Gasteiger partial charge in [-0.3, -0.25) is 0 Å². The zero-order chi connectivity index (χ0) is 18.5. The van der Waals surface area contributed by atoms with E-state index >= 15 is 0 Å². The van der Waals surface area contributed by atoms with Crippen LogP contribution in [0, 0.1) is 0 Å². The van der Waals surface area contributed by atoms with E-state index in [0.29, 0.717) is 3.63 Å². The van der Waals surface area contributed by atoms with Gasteiger partial charge in [-0.25, -0.2) is 0 Å². The molecule has 0 aromatic heterocycles. The van der Waals surface area contributed by atoms with E-state index in [1.54, 1.807) is 14.3 Å². The molecule has 3 heteroatoms. The van der Waals surface area contributed by atoms with E-state index in [2.05, 4.69) is 89.2 Å². The van der Waals surface area contributed by atoms with Crippen molar-refractivity contribution in [1.82, 2.24) is 0 Å². The number of hydrogen-bond donors (Lipinski definition) is 0. The van der Waals surface area contributed by atoms with Crippen LogP contribution in [0.2, 0.25) is 0 Å². The Hall–Kier alpha value is -0.747. The normalized spacial score (nSPS) is 16.3. The van der Waals surface area contributed by atoms with Crippen molar-refractivity contribution >= 4 is 8.78 Å². The predicted molar refractivity (Wildman–Crippen MR) is 111 cm³/mol. The molecule has 1 unspecified atom stereocenters. The van der Waals surface area contributed by atoms with Crippen LogP contribution in [0.4, 0.5) is 0 Å². The van der Waals surface area contributed by atoms with E-state index in [0.717, 1.165) is 6.42 Å². The summed E-state index contributed by atoms with van der Waals surface area (Å²) in [6, 6.07) is 14.1. The molecule has 0 saturated carbocycles. The summed E-state index contributed by atoms with van der Waals surface area (Å²) in [5.41, 5.74) is 10.8. The van der Waals surface area contributed by atoms with Crippen LogP contribution in [0.5, 0.6) is 0 Å². The van der Waals surface area contributed by atoms with Crippen LogP contribution in [0.3, 0.4) is 0 Å². The molecule has 0 fully saturated rings. The Kier molecular flexibility index (Phi) is 7.52. The number of hydrogen-bond acceptors (Lipinski definition) is 0. The van der Waals surface area contributed by atoms with E-state index in [9.17, 15) is 0 Å². The predicted octanol–water partition coefficient (Wildman–Crippen LogP) is 0.700. The molecule has 0 N–H and O–H groups in total. The molecule has 0 radical (unpaired) electrons. The first-order valence-electron chi connectivity index (χ1n) is 9.57. The summed E-state index contributed by atoms with van der Waals surface area (Å²) in [5, 5.41) is 0. The number of rotatable bonds is 2. The Morgan fingerprint density at radius 3 is 2.25 bits per heavy atom. The zero-order valence-corrected chi connectivity index (χ0v) is 21.2. The second-order valence-electron chi connectivity index (χ2n) is 8.72. The minimum atomic E-state index is -0.646. The molecule has 2 aromatic rings. The maximum absolute atomic E-state index is 2.50. The minimum Gasteiger partial charge on any atom is -1.00 e. The molecule has 0 heterocycles. The molecule has 0 nitrogen and oxygen atoms in total. The summed E-state index contributed by atoms with van der Waals surface area (Å²) >= 11 is -0.646. The average Bonchev–Trinajstić information content (AvgIpc) is 3.21. The van der Waals surface area contributed by atoms with Crippen molar-refractivity contribution < 1.29 is 47.6 Å². The Morgan fingerprint density at radius 1 is 0.964 bits per heavy atom. The largest absolute Gasteiger partial charge is 1.00 e. The van der Waals surface area contributed by atoms with Crippen LogP contribution >= 0.6 is 0 Å². The fourth-order valence-electron chi connectivity index (χ4n) is 4.12. The minimum absolute atomic E-state index is 0. The average molecular weight is 490 g/mol. The molecular formula is C25H27Cl2Zr. The summed E-state index contributed by atoms with van der Waals surface area (Å²) < 4.78 is 2.32. The summed E-state index contributed by atoms with van der Waals surface area (Å²) in [6.07, 6.45) is 7.91. The summed E-state index contributed by atoms with van der Waals surface area (Å²) in [5.74, 6) is 0. The number of allylic oxidation sites excluding steroid dienone is 4. The van der Waals surface area contributed by atoms with Gasteiger partial charge < -0.3 is 24.8 Å². The van der Waals surface area contributed by atoms with Crippen molar-refractivity contribution in [3.05, 3.63) is 76.9 Å². The summed E-state index contributed by atoms with van der Waals surface area (Å²) in [4.78, 5) is 0. The van der Waals surface area contributed by atoms with E-state index < -0.39 is 22.8 Å². The van der Waals surface area contributed by atoms with Gasteiger partial charge in [0.15, 0.2) is 0 Å². The first-order chi connectivity index (χ1) is 12.4. The van der Waals surface area contributed by atoms with Gasteiger partial charge >= 0.3 is 170 Å². The molecule has 0 spiro atoms. The Balaban J connectivity index is 0.00000140. The molecule has 0 bridgehead atoms. The number of halogens is 2. The number of fused-ring (bicyclic) bond motifs is 3. The molecule has 0 saturated heterocycles. The molecule has 145 valence electrons. The van der Waals surface area contributed by atoms with Crippen LogP contribution in [0.25, 0.3) is 16.7 Å². The van der Waals surface area contributed by atoms with Crippen molar-refractivity contribution in [2.45, 2.75) is 50.1 Å². The van der Waals surface area contributed by atoms with Crippen LogP contribution < -0.4 is 24.8 Å². The van der Waals surface area contributed by atoms with Crippen LogP contribution in [-0.4, -0.2) is 3.21 Å². The van der Waals surface area contributed by atoms with Crippen molar-refractivity contribution in [2.75, 3.05) is 0 Å². The van der Waals surface area contributed by atoms with Crippen LogP contribution in [0.1, 0.15) is 66.9 Å². The quantitative estimate of drug-likeness (QED) is 0.583. The van der Waals surface area contributed by atoms with Crippen molar-refractivity contribution in [2.24, 2.45) is 0 Å². The smallest absolute Gasteiger partial charge is 1.00 e. The van der Waals surface area contributed by atoms with Crippen molar-refractivity contribution in [1.29, 1.82) is 0 Å². The fraction of sp³-hybridized carbons (Fsp3) is 0.320. The Labute approximate surface area is 193 Å². The Morgan fingerprint density at radius 2 is 1.64 bits per heavy atom. The van der Waals surface area contributed by atoms with Crippen LogP contribution in [0.15, 0.2) is 54.6 Å². The van der Waals surface area contributed by atoms with Crippen molar-refractivity contribution in [3.63, 3.8) is 0 Å². The molecule has 2 aromatic carbocycles. The van der Waals surface area contributed by atoms with Gasteiger partial charge in [-0.2, -0.15) is 0 Å². The maximum Gasteiger partial charge on any atom is -1.00 e. The topological polar surface area (TPSA) is 0 Å². The monoisotopic (exact) mass is 487 g/mol. The maximum atomic E-state index is 2.50. The molecule has 0 aliphatic heterocycles. The molecule has 2 aliphatic carbocycles. The van der Waals surface area contributed by atoms with Crippen LogP contribution in [-0.2, 0) is 28.2 Å². The van der Waals surface area contributed by atoms with Gasteiger partial charge in [0, 0.05) is 0 Å². The third kappa shape index (κ3) is 4.23. The van der Waals surface area contributed by atoms with Gasteiger partial charge in [0.1, 0.15) is 0 Å². The second-order valence-corrected chi connectivity index (χ2v) is 13.3. The molecular weight excluding hydrogens is 462 g/mol.